The fraction of sp³-hybridized carbons (Fsp3) is 0.375. The van der Waals surface area contributed by atoms with E-state index < -0.39 is 34.8 Å². The smallest absolute Gasteiger partial charge is 0.433 e. The first kappa shape index (κ1) is 25.5. The van der Waals surface area contributed by atoms with Crippen LogP contribution in [0.4, 0.5) is 24.8 Å². The van der Waals surface area contributed by atoms with Crippen molar-refractivity contribution in [2.24, 2.45) is 11.3 Å². The number of carboxylic acids is 1. The van der Waals surface area contributed by atoms with E-state index in [4.69, 9.17) is 0 Å². The highest BCUT2D eigenvalue weighted by Gasteiger charge is 2.49. The summed E-state index contributed by atoms with van der Waals surface area (Å²) in [6.45, 7) is 3.63. The van der Waals surface area contributed by atoms with Gasteiger partial charge in [-0.3, -0.25) is 4.79 Å². The number of aliphatic hydroxyl groups is 1. The molecule has 12 heteroatoms. The average Bonchev–Trinajstić information content (AvgIpc) is 3.29. The van der Waals surface area contributed by atoms with E-state index in [1.165, 1.54) is 17.4 Å². The molecule has 1 aromatic carbocycles. The maximum absolute atomic E-state index is 13.0. The van der Waals surface area contributed by atoms with Crippen LogP contribution in [0.2, 0.25) is 0 Å². The molecule has 3 aromatic rings. The Morgan fingerprint density at radius 3 is 2.67 bits per heavy atom. The van der Waals surface area contributed by atoms with Crippen molar-refractivity contribution < 1.29 is 28.2 Å². The summed E-state index contributed by atoms with van der Waals surface area (Å²) in [5.74, 6) is -1.74. The van der Waals surface area contributed by atoms with Crippen LogP contribution in [0.5, 0.6) is 0 Å². The summed E-state index contributed by atoms with van der Waals surface area (Å²) in [6.07, 6.45) is -1.31. The lowest BCUT2D eigenvalue weighted by Gasteiger charge is -2.44. The first-order valence-electron chi connectivity index (χ1n) is 10.9. The second-order valence-corrected chi connectivity index (χ2v) is 10.5. The minimum Gasteiger partial charge on any atom is -0.481 e. The standard InChI is InChI=1S/C24H22F3N5O3S/c1-22(2)12-23(35,5-3-16(22)19(33)34)20-30-11-17(36-20)14-7-13(10-28)8-15(9-14)31-21-29-6-4-18(32-21)24(25,26)27/h4,6-9,11,16,35H,3,5,12H2,1-2H3,(H,33,34)(H,29,31,32). The topological polar surface area (TPSA) is 132 Å². The molecule has 1 aliphatic carbocycles. The third-order valence-electron chi connectivity index (χ3n) is 6.29. The van der Waals surface area contributed by atoms with E-state index in [1.54, 1.807) is 18.3 Å². The Morgan fingerprint density at radius 2 is 2.03 bits per heavy atom. The molecular formula is C24H22F3N5O3S. The molecule has 0 spiro atoms. The van der Waals surface area contributed by atoms with Gasteiger partial charge >= 0.3 is 12.1 Å². The van der Waals surface area contributed by atoms with Gasteiger partial charge in [0.1, 0.15) is 16.3 Å². The number of alkyl halides is 3. The molecule has 0 bridgehead atoms. The molecule has 1 fully saturated rings. The highest BCUT2D eigenvalue weighted by molar-refractivity contribution is 7.15. The Morgan fingerprint density at radius 1 is 1.28 bits per heavy atom. The minimum atomic E-state index is -4.63. The lowest BCUT2D eigenvalue weighted by Crippen LogP contribution is -2.44. The third-order valence-corrected chi connectivity index (χ3v) is 7.53. The third kappa shape index (κ3) is 5.17. The zero-order chi connectivity index (χ0) is 26.3. The first-order valence-corrected chi connectivity index (χ1v) is 11.8. The van der Waals surface area contributed by atoms with Gasteiger partial charge in [0.2, 0.25) is 5.95 Å². The van der Waals surface area contributed by atoms with Crippen LogP contribution in [-0.2, 0) is 16.6 Å². The van der Waals surface area contributed by atoms with Gasteiger partial charge in [0, 0.05) is 18.1 Å². The molecule has 8 nitrogen and oxygen atoms in total. The predicted molar refractivity (Wildman–Crippen MR) is 125 cm³/mol. The van der Waals surface area contributed by atoms with Crippen LogP contribution in [0.1, 0.15) is 49.4 Å². The fourth-order valence-electron chi connectivity index (χ4n) is 4.61. The van der Waals surface area contributed by atoms with Gasteiger partial charge in [-0.1, -0.05) is 13.8 Å². The summed E-state index contributed by atoms with van der Waals surface area (Å²) >= 11 is 1.22. The quantitative estimate of drug-likeness (QED) is 0.414. The molecule has 0 saturated heterocycles. The molecule has 3 N–H and O–H groups in total. The summed E-state index contributed by atoms with van der Waals surface area (Å²) in [5.41, 5.74) is -1.92. The van der Waals surface area contributed by atoms with E-state index in [9.17, 15) is 33.4 Å². The Kier molecular flexibility index (Phi) is 6.49. The number of anilines is 2. The van der Waals surface area contributed by atoms with Gasteiger partial charge in [-0.15, -0.1) is 11.3 Å². The van der Waals surface area contributed by atoms with Crippen LogP contribution in [0.15, 0.2) is 36.7 Å². The number of aliphatic carboxylic acids is 1. The number of carbonyl (C=O) groups is 1. The second kappa shape index (κ2) is 9.15. The Bertz CT molecular complexity index is 1350. The van der Waals surface area contributed by atoms with Crippen molar-refractivity contribution in [3.8, 4) is 16.5 Å². The van der Waals surface area contributed by atoms with Crippen LogP contribution in [0.3, 0.4) is 0 Å². The molecule has 1 aliphatic rings. The number of nitrogens with zero attached hydrogens (tertiary/aromatic N) is 4. The number of nitriles is 1. The van der Waals surface area contributed by atoms with Crippen molar-refractivity contribution >= 4 is 28.9 Å². The predicted octanol–water partition coefficient (Wildman–Crippen LogP) is 5.33. The van der Waals surface area contributed by atoms with Crippen molar-refractivity contribution in [1.29, 1.82) is 5.26 Å². The molecule has 0 aliphatic heterocycles. The molecule has 36 heavy (non-hydrogen) atoms. The highest BCUT2D eigenvalue weighted by Crippen LogP contribution is 2.51. The van der Waals surface area contributed by atoms with Crippen molar-refractivity contribution in [2.45, 2.75) is 44.9 Å². The number of thiazole rings is 1. The largest absolute Gasteiger partial charge is 0.481 e. The summed E-state index contributed by atoms with van der Waals surface area (Å²) < 4.78 is 39.0. The van der Waals surface area contributed by atoms with Crippen LogP contribution >= 0.6 is 11.3 Å². The maximum Gasteiger partial charge on any atom is 0.433 e. The molecule has 2 atom stereocenters. The number of carboxylic acid groups (broad SMARTS) is 1. The highest BCUT2D eigenvalue weighted by atomic mass is 32.1. The molecule has 0 radical (unpaired) electrons. The number of rotatable bonds is 5. The van der Waals surface area contributed by atoms with Crippen molar-refractivity contribution in [2.75, 3.05) is 5.32 Å². The molecular weight excluding hydrogens is 495 g/mol. The van der Waals surface area contributed by atoms with E-state index in [2.05, 4.69) is 20.3 Å². The fourth-order valence-corrected chi connectivity index (χ4v) is 5.63. The van der Waals surface area contributed by atoms with Crippen molar-refractivity contribution in [1.82, 2.24) is 15.0 Å². The van der Waals surface area contributed by atoms with E-state index in [0.29, 0.717) is 27.6 Å². The van der Waals surface area contributed by atoms with E-state index >= 15 is 0 Å². The van der Waals surface area contributed by atoms with E-state index in [1.807, 2.05) is 19.9 Å². The average molecular weight is 518 g/mol. The zero-order valence-corrected chi connectivity index (χ0v) is 20.1. The maximum atomic E-state index is 13.0. The summed E-state index contributed by atoms with van der Waals surface area (Å²) in [7, 11) is 0. The van der Waals surface area contributed by atoms with Crippen molar-refractivity contribution in [3.63, 3.8) is 0 Å². The van der Waals surface area contributed by atoms with Crippen LogP contribution < -0.4 is 5.32 Å². The lowest BCUT2D eigenvalue weighted by atomic mass is 9.63. The summed E-state index contributed by atoms with van der Waals surface area (Å²) in [4.78, 5) is 23.9. The molecule has 2 aromatic heterocycles. The van der Waals surface area contributed by atoms with Gasteiger partial charge in [-0.25, -0.2) is 15.0 Å². The van der Waals surface area contributed by atoms with E-state index in [0.717, 1.165) is 12.3 Å². The van der Waals surface area contributed by atoms with Gasteiger partial charge in [0.25, 0.3) is 0 Å². The summed E-state index contributed by atoms with van der Waals surface area (Å²) in [5, 5.41) is 33.5. The number of nitrogens with one attached hydrogen (secondary N) is 1. The molecule has 188 valence electrons. The van der Waals surface area contributed by atoms with Gasteiger partial charge in [-0.2, -0.15) is 18.4 Å². The second-order valence-electron chi connectivity index (χ2n) is 9.46. The Labute approximate surface area is 208 Å². The number of benzene rings is 1. The molecule has 0 amide bonds. The van der Waals surface area contributed by atoms with Crippen molar-refractivity contribution in [3.05, 3.63) is 52.9 Å². The van der Waals surface area contributed by atoms with Gasteiger partial charge < -0.3 is 15.5 Å². The SMILES string of the molecule is CC1(C)CC(O)(c2ncc(-c3cc(C#N)cc(Nc4nccc(C(F)(F)F)n4)c3)s2)CCC1C(=O)O. The number of halogens is 3. The minimum absolute atomic E-state index is 0.224. The van der Waals surface area contributed by atoms with Gasteiger partial charge in [-0.05, 0) is 54.5 Å². The zero-order valence-electron chi connectivity index (χ0n) is 19.3. The first-order chi connectivity index (χ1) is 16.8. The Balaban J connectivity index is 1.63. The molecule has 4 rings (SSSR count). The number of aromatic nitrogens is 3. The Hall–Kier alpha value is -3.56. The summed E-state index contributed by atoms with van der Waals surface area (Å²) in [6, 6.07) is 7.46. The van der Waals surface area contributed by atoms with Gasteiger partial charge in [0.05, 0.1) is 22.4 Å². The van der Waals surface area contributed by atoms with Crippen LogP contribution in [0.25, 0.3) is 10.4 Å². The molecule has 2 heterocycles. The lowest BCUT2D eigenvalue weighted by molar-refractivity contribution is -0.154. The molecule has 2 unspecified atom stereocenters. The monoisotopic (exact) mass is 517 g/mol. The molecule has 1 saturated carbocycles. The van der Waals surface area contributed by atoms with Crippen LogP contribution in [0, 0.1) is 22.7 Å². The van der Waals surface area contributed by atoms with Crippen LogP contribution in [-0.4, -0.2) is 31.1 Å². The van der Waals surface area contributed by atoms with E-state index in [-0.39, 0.29) is 24.4 Å². The number of hydrogen-bond donors (Lipinski definition) is 3. The van der Waals surface area contributed by atoms with Gasteiger partial charge in [0.15, 0.2) is 0 Å². The number of hydrogen-bond acceptors (Lipinski definition) is 8. The normalized spacial score (nSPS) is 21.5.